The predicted molar refractivity (Wildman–Crippen MR) is 152 cm³/mol. The highest BCUT2D eigenvalue weighted by Gasteiger charge is 2.29. The highest BCUT2D eigenvalue weighted by Crippen LogP contribution is 2.38. The summed E-state index contributed by atoms with van der Waals surface area (Å²) in [4.78, 5) is 9.94. The van der Waals surface area contributed by atoms with Crippen molar-refractivity contribution in [1.82, 2.24) is 0 Å². The van der Waals surface area contributed by atoms with Crippen LogP contribution in [0, 0.1) is 0 Å². The number of benzene rings is 6. The van der Waals surface area contributed by atoms with Crippen molar-refractivity contribution < 1.29 is 0 Å². The third-order valence-electron chi connectivity index (χ3n) is 7.49. The van der Waals surface area contributed by atoms with Gasteiger partial charge in [-0.1, -0.05) is 97.1 Å². The molecule has 2 heteroatoms. The Morgan fingerprint density at radius 1 is 0.361 bits per heavy atom. The quantitative estimate of drug-likeness (QED) is 0.234. The number of allylic oxidation sites excluding steroid dienone is 2. The molecule has 36 heavy (non-hydrogen) atoms. The second kappa shape index (κ2) is 7.34. The van der Waals surface area contributed by atoms with E-state index >= 15 is 0 Å². The van der Waals surface area contributed by atoms with Gasteiger partial charge >= 0.3 is 0 Å². The Balaban J connectivity index is 1.28. The van der Waals surface area contributed by atoms with Crippen molar-refractivity contribution in [1.29, 1.82) is 0 Å². The van der Waals surface area contributed by atoms with Gasteiger partial charge in [0.1, 0.15) is 0 Å². The van der Waals surface area contributed by atoms with E-state index in [9.17, 15) is 0 Å². The molecule has 2 nitrogen and oxygen atoms in total. The Labute approximate surface area is 208 Å². The summed E-state index contributed by atoms with van der Waals surface area (Å²) in [6, 6.07) is 39.0. The smallest absolute Gasteiger partial charge is 0.0803 e. The van der Waals surface area contributed by atoms with E-state index in [2.05, 4.69) is 109 Å². The number of hydrogen-bond donors (Lipinski definition) is 0. The van der Waals surface area contributed by atoms with Crippen molar-refractivity contribution in [3.05, 3.63) is 144 Å². The van der Waals surface area contributed by atoms with E-state index in [1.165, 1.54) is 43.1 Å². The normalized spacial score (nSPS) is 14.8. The molecular formula is C34H20N2. The van der Waals surface area contributed by atoms with Crippen LogP contribution >= 0.6 is 0 Å². The summed E-state index contributed by atoms with van der Waals surface area (Å²) in [6.45, 7) is 0. The monoisotopic (exact) mass is 456 g/mol. The Bertz CT molecular complexity index is 1890. The third kappa shape index (κ3) is 2.67. The molecule has 166 valence electrons. The maximum atomic E-state index is 4.97. The van der Waals surface area contributed by atoms with Crippen LogP contribution in [-0.4, -0.2) is 11.4 Å². The topological polar surface area (TPSA) is 24.7 Å². The molecule has 0 radical (unpaired) electrons. The zero-order chi connectivity index (χ0) is 23.6. The number of aliphatic imine (C=N–C) groups is 2. The molecule has 0 spiro atoms. The van der Waals surface area contributed by atoms with Gasteiger partial charge < -0.3 is 0 Å². The predicted octanol–water partition coefficient (Wildman–Crippen LogP) is 8.37. The van der Waals surface area contributed by atoms with Gasteiger partial charge in [-0.05, 0) is 55.2 Å². The number of fused-ring (bicyclic) bond motifs is 7. The van der Waals surface area contributed by atoms with E-state index < -0.39 is 0 Å². The second-order valence-electron chi connectivity index (χ2n) is 9.42. The first-order valence-electron chi connectivity index (χ1n) is 12.3. The zero-order valence-corrected chi connectivity index (χ0v) is 19.4. The van der Waals surface area contributed by atoms with Gasteiger partial charge in [-0.2, -0.15) is 0 Å². The molecule has 0 amide bonds. The molecular weight excluding hydrogens is 436 g/mol. The van der Waals surface area contributed by atoms with Crippen molar-refractivity contribution in [2.75, 3.05) is 0 Å². The van der Waals surface area contributed by atoms with Crippen LogP contribution in [0.1, 0.15) is 11.1 Å². The largest absolute Gasteiger partial charge is 0.255 e. The van der Waals surface area contributed by atoms with Crippen molar-refractivity contribution in [3.63, 3.8) is 0 Å². The Kier molecular flexibility index (Phi) is 3.97. The molecule has 0 atom stereocenters. The lowest BCUT2D eigenvalue weighted by Crippen LogP contribution is -2.08. The summed E-state index contributed by atoms with van der Waals surface area (Å²) in [5.41, 5.74) is 6.50. The molecule has 0 aromatic heterocycles. The fraction of sp³-hybridized carbons (Fsp3) is 0. The summed E-state index contributed by atoms with van der Waals surface area (Å²) in [5.74, 6) is 0. The Hall–Kier alpha value is -4.82. The van der Waals surface area contributed by atoms with E-state index in [-0.39, 0.29) is 0 Å². The first kappa shape index (κ1) is 19.5. The molecule has 0 saturated heterocycles. The average molecular weight is 457 g/mol. The fourth-order valence-electron chi connectivity index (χ4n) is 5.84. The highest BCUT2D eigenvalue weighted by molar-refractivity contribution is 6.35. The van der Waals surface area contributed by atoms with Gasteiger partial charge in [0.25, 0.3) is 0 Å². The van der Waals surface area contributed by atoms with Gasteiger partial charge in [0.05, 0.1) is 11.4 Å². The molecule has 0 aliphatic carbocycles. The number of hydrogen-bond acceptors (Lipinski definition) is 2. The van der Waals surface area contributed by atoms with Crippen molar-refractivity contribution in [2.24, 2.45) is 9.98 Å². The van der Waals surface area contributed by atoms with Crippen LogP contribution in [-0.2, 0) is 0 Å². The maximum absolute atomic E-state index is 4.97. The lowest BCUT2D eigenvalue weighted by Gasteiger charge is -2.13. The van der Waals surface area contributed by atoms with Crippen LogP contribution in [0.3, 0.4) is 0 Å². The van der Waals surface area contributed by atoms with Gasteiger partial charge in [0.2, 0.25) is 0 Å². The Morgan fingerprint density at radius 2 is 0.722 bits per heavy atom. The molecule has 8 rings (SSSR count). The molecule has 0 unspecified atom stereocenters. The van der Waals surface area contributed by atoms with Gasteiger partial charge in [0.15, 0.2) is 0 Å². The van der Waals surface area contributed by atoms with Gasteiger partial charge in [0, 0.05) is 34.7 Å². The summed E-state index contributed by atoms with van der Waals surface area (Å²) < 4.78 is 0. The van der Waals surface area contributed by atoms with E-state index in [4.69, 9.17) is 9.98 Å². The van der Waals surface area contributed by atoms with Crippen LogP contribution in [0.4, 0.5) is 0 Å². The van der Waals surface area contributed by atoms with Crippen molar-refractivity contribution in [3.8, 4) is 0 Å². The lowest BCUT2D eigenvalue weighted by molar-refractivity contribution is 1.55. The zero-order valence-electron chi connectivity index (χ0n) is 19.4. The summed E-state index contributed by atoms with van der Waals surface area (Å²) in [7, 11) is 0. The van der Waals surface area contributed by atoms with Crippen molar-refractivity contribution in [2.45, 2.75) is 0 Å². The number of nitrogens with zero attached hydrogens (tertiary/aromatic N) is 2. The summed E-state index contributed by atoms with van der Waals surface area (Å²) in [5, 5.41) is 9.92. The standard InChI is InChI=1S/C34H20N2/c1-3-11-23-21(9-1)17-29(27-15-7-5-13-25(23)27)33-31-19-36-34(32(31)20-35-33)30-18-22-10-2-4-12-24(22)26-14-6-8-16-28(26)30/h1-20H. The fourth-order valence-corrected chi connectivity index (χ4v) is 5.84. The molecule has 6 aromatic carbocycles. The second-order valence-corrected chi connectivity index (χ2v) is 9.42. The van der Waals surface area contributed by atoms with E-state index in [1.807, 2.05) is 12.4 Å². The average Bonchev–Trinajstić information content (AvgIpc) is 3.55. The van der Waals surface area contributed by atoms with Crippen molar-refractivity contribution >= 4 is 54.5 Å². The minimum absolute atomic E-state index is 0.996. The highest BCUT2D eigenvalue weighted by atomic mass is 14.8. The molecule has 6 aromatic rings. The molecule has 2 heterocycles. The Morgan fingerprint density at radius 3 is 1.17 bits per heavy atom. The molecule has 2 aliphatic heterocycles. The third-order valence-corrected chi connectivity index (χ3v) is 7.49. The number of rotatable bonds is 2. The molecule has 2 aliphatic rings. The van der Waals surface area contributed by atoms with E-state index in [0.717, 1.165) is 33.7 Å². The summed E-state index contributed by atoms with van der Waals surface area (Å²) >= 11 is 0. The van der Waals surface area contributed by atoms with Gasteiger partial charge in [-0.15, -0.1) is 0 Å². The van der Waals surface area contributed by atoms with Crippen LogP contribution in [0.25, 0.3) is 43.1 Å². The molecule has 0 bridgehead atoms. The van der Waals surface area contributed by atoms with E-state index in [0.29, 0.717) is 0 Å². The SMILES string of the molecule is C1=C2C(=CN=C2c2cc3ccccc3c3ccccc23)C(c2cc3ccccc3c3ccccc23)=N1. The lowest BCUT2D eigenvalue weighted by atomic mass is 9.88. The summed E-state index contributed by atoms with van der Waals surface area (Å²) in [6.07, 6.45) is 4.00. The van der Waals surface area contributed by atoms with Crippen LogP contribution in [0.15, 0.2) is 143 Å². The van der Waals surface area contributed by atoms with E-state index in [1.54, 1.807) is 0 Å². The first-order chi connectivity index (χ1) is 17.9. The molecule has 0 saturated carbocycles. The van der Waals surface area contributed by atoms with Gasteiger partial charge in [-0.3, -0.25) is 9.98 Å². The first-order valence-corrected chi connectivity index (χ1v) is 12.3. The van der Waals surface area contributed by atoms with Gasteiger partial charge in [-0.25, -0.2) is 0 Å². The van der Waals surface area contributed by atoms with Crippen LogP contribution in [0.5, 0.6) is 0 Å². The van der Waals surface area contributed by atoms with Crippen LogP contribution < -0.4 is 0 Å². The molecule has 0 N–H and O–H groups in total. The maximum Gasteiger partial charge on any atom is 0.0803 e. The minimum Gasteiger partial charge on any atom is -0.255 e. The molecule has 0 fully saturated rings. The minimum atomic E-state index is 0.996. The van der Waals surface area contributed by atoms with Crippen LogP contribution in [0.2, 0.25) is 0 Å².